The molecule has 0 unspecified atom stereocenters. The minimum Gasteiger partial charge on any atom is -0.508 e. The zero-order valence-electron chi connectivity index (χ0n) is 12.2. The van der Waals surface area contributed by atoms with Crippen molar-refractivity contribution in [2.24, 2.45) is 5.73 Å². The summed E-state index contributed by atoms with van der Waals surface area (Å²) in [7, 11) is 0. The lowest BCUT2D eigenvalue weighted by atomic mass is 10.1. The number of phenolic OH excluding ortho intramolecular Hbond substituents is 1. The Morgan fingerprint density at radius 2 is 2.04 bits per heavy atom. The Labute approximate surface area is 137 Å². The molecule has 3 N–H and O–H groups in total. The van der Waals surface area contributed by atoms with Crippen LogP contribution in [0.3, 0.4) is 0 Å². The summed E-state index contributed by atoms with van der Waals surface area (Å²) in [6.45, 7) is 0.217. The van der Waals surface area contributed by atoms with E-state index < -0.39 is 11.7 Å². The van der Waals surface area contributed by atoms with E-state index in [0.717, 1.165) is 18.4 Å². The Morgan fingerprint density at radius 1 is 1.35 bits per heavy atom. The average Bonchev–Trinajstić information content (AvgIpc) is 3.26. The van der Waals surface area contributed by atoms with Crippen LogP contribution in [0.2, 0.25) is 5.15 Å². The van der Waals surface area contributed by atoms with E-state index in [1.165, 1.54) is 6.20 Å². The molecule has 0 spiro atoms. The van der Waals surface area contributed by atoms with Crippen molar-refractivity contribution in [3.8, 4) is 22.6 Å². The second kappa shape index (κ2) is 5.96. The van der Waals surface area contributed by atoms with Crippen LogP contribution in [0, 0.1) is 0 Å². The lowest BCUT2D eigenvalue weighted by Gasteiger charge is -2.16. The van der Waals surface area contributed by atoms with Gasteiger partial charge >= 0.3 is 6.09 Å². The second-order valence-corrected chi connectivity index (χ2v) is 5.81. The fraction of sp³-hybridized carbons (Fsp3) is 0.250. The lowest BCUT2D eigenvalue weighted by molar-refractivity contribution is 0.0545. The Morgan fingerprint density at radius 3 is 2.65 bits per heavy atom. The van der Waals surface area contributed by atoms with Crippen molar-refractivity contribution in [2.45, 2.75) is 18.4 Å². The molecule has 0 bridgehead atoms. The van der Waals surface area contributed by atoms with Crippen molar-refractivity contribution in [3.63, 3.8) is 0 Å². The lowest BCUT2D eigenvalue weighted by Crippen LogP contribution is -2.29. The largest absolute Gasteiger partial charge is 0.508 e. The van der Waals surface area contributed by atoms with Crippen LogP contribution in [0.15, 0.2) is 36.5 Å². The molecule has 1 aliphatic rings. The summed E-state index contributed by atoms with van der Waals surface area (Å²) in [6.07, 6.45) is 2.15. The average molecular weight is 335 g/mol. The number of benzene rings is 1. The van der Waals surface area contributed by atoms with Gasteiger partial charge in [0.2, 0.25) is 0 Å². The fourth-order valence-electron chi connectivity index (χ4n) is 2.19. The molecule has 7 heteroatoms. The number of nitrogens with zero attached hydrogens (tertiary/aromatic N) is 1. The molecule has 1 amide bonds. The highest BCUT2D eigenvalue weighted by Gasteiger charge is 2.47. The monoisotopic (exact) mass is 334 g/mol. The molecular weight excluding hydrogens is 320 g/mol. The summed E-state index contributed by atoms with van der Waals surface area (Å²) in [6, 6.07) is 8.36. The summed E-state index contributed by atoms with van der Waals surface area (Å²) < 4.78 is 10.7. The molecule has 0 saturated heterocycles. The molecule has 120 valence electrons. The Bertz CT molecular complexity index is 729. The van der Waals surface area contributed by atoms with Crippen LogP contribution < -0.4 is 10.5 Å². The molecule has 1 aromatic carbocycles. The Kier molecular flexibility index (Phi) is 4.00. The predicted molar refractivity (Wildman–Crippen MR) is 84.5 cm³/mol. The van der Waals surface area contributed by atoms with Crippen molar-refractivity contribution in [2.75, 3.05) is 6.61 Å². The number of phenols is 1. The first-order chi connectivity index (χ1) is 11.0. The number of primary amides is 1. The summed E-state index contributed by atoms with van der Waals surface area (Å²) in [5, 5.41) is 9.69. The molecule has 1 fully saturated rings. The number of aromatic nitrogens is 1. The van der Waals surface area contributed by atoms with Crippen LogP contribution in [-0.2, 0) is 4.74 Å². The number of carbonyl (C=O) groups is 1. The number of carbonyl (C=O) groups excluding carboxylic acids is 1. The van der Waals surface area contributed by atoms with Gasteiger partial charge in [0.05, 0.1) is 6.20 Å². The second-order valence-electron chi connectivity index (χ2n) is 5.45. The molecule has 3 rings (SSSR count). The first kappa shape index (κ1) is 15.4. The van der Waals surface area contributed by atoms with Crippen molar-refractivity contribution in [1.82, 2.24) is 4.98 Å². The van der Waals surface area contributed by atoms with Gasteiger partial charge in [-0.2, -0.15) is 0 Å². The molecule has 2 aromatic rings. The van der Waals surface area contributed by atoms with Crippen molar-refractivity contribution < 1.29 is 19.4 Å². The summed E-state index contributed by atoms with van der Waals surface area (Å²) in [5.74, 6) is 0.682. The van der Waals surface area contributed by atoms with Crippen LogP contribution in [0.1, 0.15) is 12.8 Å². The molecule has 1 aliphatic carbocycles. The van der Waals surface area contributed by atoms with Crippen molar-refractivity contribution in [3.05, 3.63) is 41.7 Å². The van der Waals surface area contributed by atoms with Gasteiger partial charge in [0.15, 0.2) is 0 Å². The maximum atomic E-state index is 10.9. The first-order valence-electron chi connectivity index (χ1n) is 7.04. The number of amides is 1. The quantitative estimate of drug-likeness (QED) is 0.819. The smallest absolute Gasteiger partial charge is 0.405 e. The highest BCUT2D eigenvalue weighted by molar-refractivity contribution is 6.32. The van der Waals surface area contributed by atoms with Gasteiger partial charge in [-0.15, -0.1) is 0 Å². The maximum Gasteiger partial charge on any atom is 0.405 e. The summed E-state index contributed by atoms with van der Waals surface area (Å²) in [4.78, 5) is 15.0. The number of hydrogen-bond acceptors (Lipinski definition) is 5. The van der Waals surface area contributed by atoms with Crippen LogP contribution in [0.25, 0.3) is 11.1 Å². The topological polar surface area (TPSA) is 94.7 Å². The predicted octanol–water partition coefficient (Wildman–Crippen LogP) is 3.11. The maximum absolute atomic E-state index is 10.9. The van der Waals surface area contributed by atoms with Crippen LogP contribution in [0.5, 0.6) is 11.5 Å². The van der Waals surface area contributed by atoms with Crippen LogP contribution in [0.4, 0.5) is 4.79 Å². The summed E-state index contributed by atoms with van der Waals surface area (Å²) >= 11 is 6.13. The molecule has 0 atom stereocenters. The number of rotatable bonds is 5. The number of nitrogens with two attached hydrogens (primary N) is 1. The number of hydrogen-bond donors (Lipinski definition) is 2. The van der Waals surface area contributed by atoms with E-state index in [1.807, 2.05) is 0 Å². The van der Waals surface area contributed by atoms with E-state index in [2.05, 4.69) is 4.98 Å². The Balaban J connectivity index is 1.75. The van der Waals surface area contributed by atoms with E-state index in [9.17, 15) is 9.90 Å². The molecule has 0 aliphatic heterocycles. The standard InChI is InChI=1S/C16H15ClN2O4/c17-14-13(10-1-3-11(20)4-2-10)7-12(8-19-14)22-9-16(5-6-16)23-15(18)21/h1-4,7-8,20H,5-6,9H2,(H2,18,21). The third kappa shape index (κ3) is 3.65. The van der Waals surface area contributed by atoms with E-state index in [4.69, 9.17) is 26.8 Å². The number of aromatic hydroxyl groups is 1. The minimum absolute atomic E-state index is 0.171. The molecule has 1 aromatic heterocycles. The first-order valence-corrected chi connectivity index (χ1v) is 7.41. The minimum atomic E-state index is -0.801. The third-order valence-electron chi connectivity index (χ3n) is 3.62. The molecule has 23 heavy (non-hydrogen) atoms. The highest BCUT2D eigenvalue weighted by atomic mass is 35.5. The van der Waals surface area contributed by atoms with Crippen LogP contribution in [-0.4, -0.2) is 28.4 Å². The molecule has 6 nitrogen and oxygen atoms in total. The number of ether oxygens (including phenoxy) is 2. The SMILES string of the molecule is NC(=O)OC1(COc2cnc(Cl)c(-c3ccc(O)cc3)c2)CC1. The summed E-state index contributed by atoms with van der Waals surface area (Å²) in [5.41, 5.74) is 5.92. The number of halogens is 1. The van der Waals surface area contributed by atoms with Gasteiger partial charge in [-0.1, -0.05) is 23.7 Å². The van der Waals surface area contributed by atoms with E-state index in [-0.39, 0.29) is 12.4 Å². The van der Waals surface area contributed by atoms with E-state index in [0.29, 0.717) is 16.5 Å². The molecule has 0 radical (unpaired) electrons. The van der Waals surface area contributed by atoms with Gasteiger partial charge in [0, 0.05) is 5.56 Å². The number of pyridine rings is 1. The van der Waals surface area contributed by atoms with E-state index >= 15 is 0 Å². The molecular formula is C16H15ClN2O4. The molecule has 1 heterocycles. The van der Waals surface area contributed by atoms with Crippen molar-refractivity contribution >= 4 is 17.7 Å². The van der Waals surface area contributed by atoms with Gasteiger partial charge < -0.3 is 20.3 Å². The van der Waals surface area contributed by atoms with Gasteiger partial charge in [0.1, 0.15) is 28.9 Å². The van der Waals surface area contributed by atoms with E-state index in [1.54, 1.807) is 30.3 Å². The van der Waals surface area contributed by atoms with Gasteiger partial charge in [-0.05, 0) is 36.6 Å². The van der Waals surface area contributed by atoms with Gasteiger partial charge in [0.25, 0.3) is 0 Å². The molecule has 1 saturated carbocycles. The van der Waals surface area contributed by atoms with Gasteiger partial charge in [-0.25, -0.2) is 9.78 Å². The van der Waals surface area contributed by atoms with Crippen molar-refractivity contribution in [1.29, 1.82) is 0 Å². The third-order valence-corrected chi connectivity index (χ3v) is 3.92. The fourth-order valence-corrected chi connectivity index (χ4v) is 2.41. The zero-order chi connectivity index (χ0) is 16.4. The zero-order valence-corrected chi connectivity index (χ0v) is 12.9. The normalized spacial score (nSPS) is 15.0. The Hall–Kier alpha value is -2.47. The van der Waals surface area contributed by atoms with Gasteiger partial charge in [-0.3, -0.25) is 0 Å². The van der Waals surface area contributed by atoms with Crippen LogP contribution >= 0.6 is 11.6 Å². The highest BCUT2D eigenvalue weighted by Crippen LogP contribution is 2.40.